The zero-order valence-electron chi connectivity index (χ0n) is 15.6. The minimum atomic E-state index is -4.15. The molecule has 2 aromatic carbocycles. The Hall–Kier alpha value is -1.71. The van der Waals surface area contributed by atoms with Gasteiger partial charge in [-0.2, -0.15) is 0 Å². The molecule has 7 nitrogen and oxygen atoms in total. The van der Waals surface area contributed by atoms with E-state index in [1.54, 1.807) is 0 Å². The van der Waals surface area contributed by atoms with Crippen LogP contribution in [-0.2, 0) is 19.6 Å². The zero-order chi connectivity index (χ0) is 21.6. The highest BCUT2D eigenvalue weighted by Crippen LogP contribution is 2.38. The van der Waals surface area contributed by atoms with E-state index in [2.05, 4.69) is 5.32 Å². The van der Waals surface area contributed by atoms with Gasteiger partial charge in [0.25, 0.3) is 10.0 Å². The van der Waals surface area contributed by atoms with Gasteiger partial charge < -0.3 is 14.8 Å². The minimum absolute atomic E-state index is 0.0375. The summed E-state index contributed by atoms with van der Waals surface area (Å²) in [6.07, 6.45) is 0. The van der Waals surface area contributed by atoms with Crippen LogP contribution in [0.2, 0.25) is 15.1 Å². The lowest BCUT2D eigenvalue weighted by Crippen LogP contribution is -2.40. The second-order valence-corrected chi connectivity index (χ2v) is 8.83. The van der Waals surface area contributed by atoms with Gasteiger partial charge >= 0.3 is 0 Å². The molecule has 158 valence electrons. The summed E-state index contributed by atoms with van der Waals surface area (Å²) < 4.78 is 37.9. The number of likely N-dealkylation sites (N-methyl/N-ethyl adjacent to an activating group) is 1. The van der Waals surface area contributed by atoms with Crippen LogP contribution in [0.1, 0.15) is 0 Å². The van der Waals surface area contributed by atoms with E-state index >= 15 is 0 Å². The lowest BCUT2D eigenvalue weighted by molar-refractivity contribution is -0.119. The Bertz CT molecular complexity index is 968. The van der Waals surface area contributed by atoms with Gasteiger partial charge in [-0.15, -0.1) is 0 Å². The molecule has 0 bridgehead atoms. The third-order valence-corrected chi connectivity index (χ3v) is 6.41. The van der Waals surface area contributed by atoms with Gasteiger partial charge in [0.1, 0.15) is 18.9 Å². The van der Waals surface area contributed by atoms with Gasteiger partial charge in [-0.1, -0.05) is 34.8 Å². The molecule has 2 rings (SSSR count). The van der Waals surface area contributed by atoms with Crippen molar-refractivity contribution in [2.45, 2.75) is 4.90 Å². The summed E-state index contributed by atoms with van der Waals surface area (Å²) in [6, 6.07) is 8.29. The molecule has 0 unspecified atom stereocenters. The number of sulfonamides is 1. The number of rotatable bonds is 9. The van der Waals surface area contributed by atoms with Gasteiger partial charge in [0.15, 0.2) is 0 Å². The number of ether oxygens (including phenoxy) is 2. The molecule has 2 aromatic rings. The van der Waals surface area contributed by atoms with Gasteiger partial charge in [-0.3, -0.25) is 9.10 Å². The standard InChI is InChI=1S/C18H19Cl3N2O5S/c1-22-18(24)11-23(29(25,26)13-5-3-12(19)4-6-13)16-10-17(28-8-7-27-2)15(21)9-14(16)20/h3-6,9-10H,7-8,11H2,1-2H3,(H,22,24). The van der Waals surface area contributed by atoms with Crippen LogP contribution in [-0.4, -0.2) is 48.2 Å². The van der Waals surface area contributed by atoms with Crippen molar-refractivity contribution >= 4 is 56.4 Å². The predicted octanol–water partition coefficient (Wildman–Crippen LogP) is 3.61. The first-order valence-electron chi connectivity index (χ1n) is 8.30. The number of nitrogens with zero attached hydrogens (tertiary/aromatic N) is 1. The summed E-state index contributed by atoms with van der Waals surface area (Å²) in [5, 5.41) is 3.01. The summed E-state index contributed by atoms with van der Waals surface area (Å²) in [5.41, 5.74) is 0.0435. The van der Waals surface area contributed by atoms with Crippen molar-refractivity contribution in [1.82, 2.24) is 5.32 Å². The average molecular weight is 482 g/mol. The Morgan fingerprint density at radius 2 is 1.72 bits per heavy atom. The molecule has 0 saturated carbocycles. The number of amides is 1. The Labute approximate surface area is 184 Å². The molecule has 0 aromatic heterocycles. The van der Waals surface area contributed by atoms with E-state index in [9.17, 15) is 13.2 Å². The molecule has 0 aliphatic heterocycles. The molecule has 1 amide bonds. The van der Waals surface area contributed by atoms with E-state index in [4.69, 9.17) is 44.3 Å². The third kappa shape index (κ3) is 5.90. The first kappa shape index (κ1) is 23.6. The van der Waals surface area contributed by atoms with Crippen LogP contribution < -0.4 is 14.4 Å². The van der Waals surface area contributed by atoms with Crippen LogP contribution in [0.3, 0.4) is 0 Å². The maximum Gasteiger partial charge on any atom is 0.264 e. The molecule has 29 heavy (non-hydrogen) atoms. The molecule has 1 N–H and O–H groups in total. The van der Waals surface area contributed by atoms with E-state index in [1.807, 2.05) is 0 Å². The quantitative estimate of drug-likeness (QED) is 0.553. The number of nitrogens with one attached hydrogen (secondary N) is 1. The lowest BCUT2D eigenvalue weighted by atomic mass is 10.3. The fourth-order valence-electron chi connectivity index (χ4n) is 2.30. The lowest BCUT2D eigenvalue weighted by Gasteiger charge is -2.25. The fraction of sp³-hybridized carbons (Fsp3) is 0.278. The van der Waals surface area contributed by atoms with Crippen LogP contribution in [0.5, 0.6) is 5.75 Å². The van der Waals surface area contributed by atoms with Crippen LogP contribution in [0, 0.1) is 0 Å². The Balaban J connectivity index is 2.56. The number of methoxy groups -OCH3 is 1. The SMILES string of the molecule is CNC(=O)CN(c1cc(OCCOC)c(Cl)cc1Cl)S(=O)(=O)c1ccc(Cl)cc1. The highest BCUT2D eigenvalue weighted by Gasteiger charge is 2.29. The van der Waals surface area contributed by atoms with Crippen molar-refractivity contribution in [1.29, 1.82) is 0 Å². The first-order chi connectivity index (χ1) is 13.7. The van der Waals surface area contributed by atoms with Crippen molar-refractivity contribution in [3.8, 4) is 5.75 Å². The summed E-state index contributed by atoms with van der Waals surface area (Å²) in [5.74, 6) is -0.327. The van der Waals surface area contributed by atoms with Gasteiger partial charge in [-0.25, -0.2) is 8.42 Å². The largest absolute Gasteiger partial charge is 0.490 e. The highest BCUT2D eigenvalue weighted by atomic mass is 35.5. The third-order valence-electron chi connectivity index (χ3n) is 3.78. The molecule has 0 aliphatic carbocycles. The molecule has 0 saturated heterocycles. The second-order valence-electron chi connectivity index (χ2n) is 5.71. The Morgan fingerprint density at radius 1 is 1.07 bits per heavy atom. The van der Waals surface area contributed by atoms with E-state index < -0.39 is 22.5 Å². The van der Waals surface area contributed by atoms with E-state index in [1.165, 1.54) is 50.6 Å². The van der Waals surface area contributed by atoms with Crippen molar-refractivity contribution in [3.63, 3.8) is 0 Å². The van der Waals surface area contributed by atoms with E-state index in [0.29, 0.717) is 11.6 Å². The first-order valence-corrected chi connectivity index (χ1v) is 10.9. The summed E-state index contributed by atoms with van der Waals surface area (Å²) >= 11 is 18.3. The van der Waals surface area contributed by atoms with Crippen molar-refractivity contribution in [3.05, 3.63) is 51.5 Å². The molecule has 0 atom stereocenters. The maximum atomic E-state index is 13.3. The van der Waals surface area contributed by atoms with Crippen LogP contribution in [0.15, 0.2) is 41.3 Å². The summed E-state index contributed by atoms with van der Waals surface area (Å²) in [4.78, 5) is 12.0. The minimum Gasteiger partial charge on any atom is -0.490 e. The van der Waals surface area contributed by atoms with Gasteiger partial charge in [-0.05, 0) is 30.3 Å². The van der Waals surface area contributed by atoms with Crippen molar-refractivity contribution in [2.75, 3.05) is 38.2 Å². The molecular formula is C18H19Cl3N2O5S. The smallest absolute Gasteiger partial charge is 0.264 e. The van der Waals surface area contributed by atoms with Crippen molar-refractivity contribution < 1.29 is 22.7 Å². The number of benzene rings is 2. The number of carbonyl (C=O) groups excluding carboxylic acids is 1. The number of anilines is 1. The van der Waals surface area contributed by atoms with Crippen molar-refractivity contribution in [2.24, 2.45) is 0 Å². The number of halogens is 3. The van der Waals surface area contributed by atoms with Crippen LogP contribution in [0.25, 0.3) is 0 Å². The van der Waals surface area contributed by atoms with Crippen LogP contribution >= 0.6 is 34.8 Å². The Morgan fingerprint density at radius 3 is 2.31 bits per heavy atom. The molecule has 0 radical (unpaired) electrons. The highest BCUT2D eigenvalue weighted by molar-refractivity contribution is 7.92. The monoisotopic (exact) mass is 480 g/mol. The maximum absolute atomic E-state index is 13.3. The topological polar surface area (TPSA) is 84.9 Å². The zero-order valence-corrected chi connectivity index (χ0v) is 18.7. The molecule has 11 heteroatoms. The van der Waals surface area contributed by atoms with Gasteiger partial charge in [0, 0.05) is 25.2 Å². The average Bonchev–Trinajstić information content (AvgIpc) is 2.68. The summed E-state index contributed by atoms with van der Waals surface area (Å²) in [7, 11) is -1.23. The normalized spacial score (nSPS) is 11.2. The Kier molecular flexibility index (Phi) is 8.42. The molecule has 0 aliphatic rings. The van der Waals surface area contributed by atoms with Crippen LogP contribution in [0.4, 0.5) is 5.69 Å². The van der Waals surface area contributed by atoms with Gasteiger partial charge in [0.05, 0.1) is 27.2 Å². The second kappa shape index (κ2) is 10.4. The molecule has 0 fully saturated rings. The number of hydrogen-bond acceptors (Lipinski definition) is 5. The molecular weight excluding hydrogens is 463 g/mol. The molecule has 0 spiro atoms. The van der Waals surface area contributed by atoms with Gasteiger partial charge in [0.2, 0.25) is 5.91 Å². The van der Waals surface area contributed by atoms with E-state index in [-0.39, 0.29) is 33.0 Å². The fourth-order valence-corrected chi connectivity index (χ4v) is 4.45. The number of hydrogen-bond donors (Lipinski definition) is 1. The number of carbonyl (C=O) groups is 1. The predicted molar refractivity (Wildman–Crippen MR) is 114 cm³/mol. The summed E-state index contributed by atoms with van der Waals surface area (Å²) in [6.45, 7) is -0.00366. The molecule has 0 heterocycles. The van der Waals surface area contributed by atoms with E-state index in [0.717, 1.165) is 4.31 Å².